The fourth-order valence-electron chi connectivity index (χ4n) is 3.76. The molecule has 2 heterocycles. The van der Waals surface area contributed by atoms with E-state index in [1.807, 2.05) is 24.3 Å². The number of benzene rings is 3. The lowest BCUT2D eigenvalue weighted by atomic mass is 10.1. The van der Waals surface area contributed by atoms with Crippen LogP contribution in [0.5, 0.6) is 23.1 Å². The molecule has 0 fully saturated rings. The van der Waals surface area contributed by atoms with Gasteiger partial charge in [-0.25, -0.2) is 0 Å². The molecule has 0 spiro atoms. The zero-order valence-electron chi connectivity index (χ0n) is 19.5. The summed E-state index contributed by atoms with van der Waals surface area (Å²) >= 11 is 1.49. The van der Waals surface area contributed by atoms with Gasteiger partial charge in [0.05, 0.1) is 14.2 Å². The summed E-state index contributed by atoms with van der Waals surface area (Å²) in [6, 6.07) is 19.5. The lowest BCUT2D eigenvalue weighted by Gasteiger charge is -2.21. The van der Waals surface area contributed by atoms with Crippen LogP contribution < -0.4 is 19.5 Å². The van der Waals surface area contributed by atoms with E-state index in [0.29, 0.717) is 28.0 Å². The predicted molar refractivity (Wildman–Crippen MR) is 134 cm³/mol. The minimum atomic E-state index is -0.646. The quantitative estimate of drug-likeness (QED) is 0.347. The molecule has 0 saturated carbocycles. The number of rotatable bonds is 6. The molecule has 3 aromatic carbocycles. The SMILES string of the molecule is COc1cc([C@@H]2Nc3ccccc3-c3nnc(SCc4ccc(C)cc4)nc3O2)cc(OC)c1O. The molecule has 0 amide bonds. The van der Waals surface area contributed by atoms with Gasteiger partial charge in [-0.05, 0) is 30.7 Å². The largest absolute Gasteiger partial charge is 0.502 e. The summed E-state index contributed by atoms with van der Waals surface area (Å²) in [5, 5.41) is 23.1. The van der Waals surface area contributed by atoms with Crippen LogP contribution in [0.15, 0.2) is 65.8 Å². The average molecular weight is 489 g/mol. The molecule has 4 aromatic rings. The molecule has 0 saturated heterocycles. The molecule has 0 radical (unpaired) electrons. The number of ether oxygens (including phenoxy) is 3. The summed E-state index contributed by atoms with van der Waals surface area (Å²) in [5.74, 6) is 1.55. The average Bonchev–Trinajstić information content (AvgIpc) is 3.05. The van der Waals surface area contributed by atoms with Crippen LogP contribution in [0, 0.1) is 6.92 Å². The van der Waals surface area contributed by atoms with E-state index in [-0.39, 0.29) is 17.2 Å². The third-order valence-corrected chi connectivity index (χ3v) is 6.54. The Labute approximate surface area is 207 Å². The Morgan fingerprint density at radius 1 is 1.00 bits per heavy atom. The van der Waals surface area contributed by atoms with Crippen LogP contribution in [-0.4, -0.2) is 34.5 Å². The molecule has 5 rings (SSSR count). The highest BCUT2D eigenvalue weighted by molar-refractivity contribution is 7.98. The van der Waals surface area contributed by atoms with E-state index in [0.717, 1.165) is 11.3 Å². The van der Waals surface area contributed by atoms with Crippen molar-refractivity contribution in [2.24, 2.45) is 0 Å². The van der Waals surface area contributed by atoms with Gasteiger partial charge in [-0.3, -0.25) is 0 Å². The molecule has 0 bridgehead atoms. The highest BCUT2D eigenvalue weighted by Crippen LogP contribution is 2.43. The Balaban J connectivity index is 1.51. The van der Waals surface area contributed by atoms with Gasteiger partial charge in [-0.15, -0.1) is 10.2 Å². The first kappa shape index (κ1) is 22.8. The second kappa shape index (κ2) is 9.71. The summed E-state index contributed by atoms with van der Waals surface area (Å²) in [6.45, 7) is 2.06. The van der Waals surface area contributed by atoms with Crippen LogP contribution in [0.4, 0.5) is 5.69 Å². The van der Waals surface area contributed by atoms with Crippen LogP contribution in [0.25, 0.3) is 11.3 Å². The van der Waals surface area contributed by atoms with E-state index < -0.39 is 6.23 Å². The number of para-hydroxylation sites is 1. The number of thioether (sulfide) groups is 1. The molecule has 9 heteroatoms. The van der Waals surface area contributed by atoms with Gasteiger partial charge in [0.2, 0.25) is 16.8 Å². The van der Waals surface area contributed by atoms with E-state index in [2.05, 4.69) is 46.7 Å². The number of phenolic OH excluding ortho intramolecular Hbond substituents is 1. The monoisotopic (exact) mass is 488 g/mol. The highest BCUT2D eigenvalue weighted by Gasteiger charge is 2.27. The molecule has 0 unspecified atom stereocenters. The number of hydrogen-bond acceptors (Lipinski definition) is 9. The third kappa shape index (κ3) is 4.67. The van der Waals surface area contributed by atoms with Crippen molar-refractivity contribution >= 4 is 17.4 Å². The number of hydrogen-bond donors (Lipinski definition) is 2. The fourth-order valence-corrected chi connectivity index (χ4v) is 4.49. The molecular weight excluding hydrogens is 464 g/mol. The molecule has 2 N–H and O–H groups in total. The zero-order chi connectivity index (χ0) is 24.4. The zero-order valence-corrected chi connectivity index (χ0v) is 20.3. The lowest BCUT2D eigenvalue weighted by Crippen LogP contribution is -2.17. The van der Waals surface area contributed by atoms with Crippen LogP contribution >= 0.6 is 11.8 Å². The van der Waals surface area contributed by atoms with Crippen LogP contribution in [0.1, 0.15) is 22.9 Å². The normalized spacial score (nSPS) is 14.1. The summed E-state index contributed by atoms with van der Waals surface area (Å²) in [4.78, 5) is 4.70. The number of nitrogens with zero attached hydrogens (tertiary/aromatic N) is 3. The second-order valence-electron chi connectivity index (χ2n) is 7.98. The summed E-state index contributed by atoms with van der Waals surface area (Å²) in [7, 11) is 2.97. The maximum absolute atomic E-state index is 10.3. The second-order valence-corrected chi connectivity index (χ2v) is 8.93. The molecule has 35 heavy (non-hydrogen) atoms. The smallest absolute Gasteiger partial charge is 0.247 e. The van der Waals surface area contributed by atoms with Gasteiger partial charge in [0.15, 0.2) is 23.4 Å². The van der Waals surface area contributed by atoms with E-state index in [1.54, 1.807) is 12.1 Å². The van der Waals surface area contributed by atoms with Gasteiger partial charge >= 0.3 is 0 Å². The van der Waals surface area contributed by atoms with Crippen molar-refractivity contribution in [2.75, 3.05) is 19.5 Å². The number of aryl methyl sites for hydroxylation is 1. The Morgan fingerprint density at radius 3 is 2.43 bits per heavy atom. The van der Waals surface area contributed by atoms with Crippen LogP contribution in [-0.2, 0) is 5.75 Å². The Bertz CT molecular complexity index is 1340. The molecule has 178 valence electrons. The highest BCUT2D eigenvalue weighted by atomic mass is 32.2. The van der Waals surface area contributed by atoms with Crippen molar-refractivity contribution in [3.8, 4) is 34.4 Å². The third-order valence-electron chi connectivity index (χ3n) is 5.63. The minimum Gasteiger partial charge on any atom is -0.502 e. The lowest BCUT2D eigenvalue weighted by molar-refractivity contribution is 0.223. The fraction of sp³-hybridized carbons (Fsp3) is 0.192. The van der Waals surface area contributed by atoms with Crippen molar-refractivity contribution in [3.63, 3.8) is 0 Å². The molecular formula is C26H24N4O4S. The summed E-state index contributed by atoms with van der Waals surface area (Å²) in [5.41, 5.74) is 5.28. The molecule has 8 nitrogen and oxygen atoms in total. The Morgan fingerprint density at radius 2 is 1.71 bits per heavy atom. The molecule has 1 aliphatic rings. The Kier molecular flexibility index (Phi) is 6.33. The molecule has 1 atom stereocenters. The first-order valence-electron chi connectivity index (χ1n) is 11.0. The summed E-state index contributed by atoms with van der Waals surface area (Å²) < 4.78 is 17.0. The van der Waals surface area contributed by atoms with Gasteiger partial charge in [0.1, 0.15) is 0 Å². The van der Waals surface area contributed by atoms with E-state index >= 15 is 0 Å². The minimum absolute atomic E-state index is 0.0769. The molecule has 0 aliphatic carbocycles. The number of anilines is 1. The molecule has 1 aliphatic heterocycles. The van der Waals surface area contributed by atoms with Gasteiger partial charge < -0.3 is 24.6 Å². The van der Waals surface area contributed by atoms with E-state index in [9.17, 15) is 5.11 Å². The maximum Gasteiger partial charge on any atom is 0.247 e. The van der Waals surface area contributed by atoms with Crippen molar-refractivity contribution in [1.29, 1.82) is 0 Å². The standard InChI is InChI=1S/C26H24N4O4S/c1-15-8-10-16(11-9-15)14-35-26-28-25-22(29-30-26)18-6-4-5-7-19(18)27-24(34-25)17-12-20(32-2)23(31)21(13-17)33-3/h4-13,24,27,31H,14H2,1-3H3/t24-/m1/s1. The first-order valence-corrected chi connectivity index (χ1v) is 11.9. The van der Waals surface area contributed by atoms with Crippen molar-refractivity contribution in [2.45, 2.75) is 24.1 Å². The van der Waals surface area contributed by atoms with Crippen molar-refractivity contribution in [3.05, 3.63) is 77.4 Å². The van der Waals surface area contributed by atoms with Crippen molar-refractivity contribution < 1.29 is 19.3 Å². The van der Waals surface area contributed by atoms with Crippen LogP contribution in [0.2, 0.25) is 0 Å². The number of aromatic nitrogens is 3. The predicted octanol–water partition coefficient (Wildman–Crippen LogP) is 5.37. The number of nitrogens with one attached hydrogen (secondary N) is 1. The number of fused-ring (bicyclic) bond motifs is 3. The van der Waals surface area contributed by atoms with Gasteiger partial charge in [0, 0.05) is 22.6 Å². The summed E-state index contributed by atoms with van der Waals surface area (Å²) in [6.07, 6.45) is -0.646. The van der Waals surface area contributed by atoms with Gasteiger partial charge in [-0.1, -0.05) is 59.8 Å². The number of phenols is 1. The van der Waals surface area contributed by atoms with E-state index in [1.165, 1.54) is 37.1 Å². The number of methoxy groups -OCH3 is 2. The van der Waals surface area contributed by atoms with Crippen LogP contribution in [0.3, 0.4) is 0 Å². The van der Waals surface area contributed by atoms with E-state index in [4.69, 9.17) is 19.2 Å². The van der Waals surface area contributed by atoms with Gasteiger partial charge in [-0.2, -0.15) is 4.98 Å². The topological polar surface area (TPSA) is 98.6 Å². The number of aromatic hydroxyl groups is 1. The molecule has 1 aromatic heterocycles. The Hall–Kier alpha value is -3.98. The maximum atomic E-state index is 10.3. The van der Waals surface area contributed by atoms with Crippen molar-refractivity contribution in [1.82, 2.24) is 15.2 Å². The van der Waals surface area contributed by atoms with Gasteiger partial charge in [0.25, 0.3) is 0 Å². The first-order chi connectivity index (χ1) is 17.1.